The van der Waals surface area contributed by atoms with Crippen LogP contribution in [-0.4, -0.2) is 31.3 Å². The molecular weight excluding hydrogens is 364 g/mol. The number of benzene rings is 1. The molecule has 0 fully saturated rings. The zero-order valence-corrected chi connectivity index (χ0v) is 16.4. The van der Waals surface area contributed by atoms with Gasteiger partial charge in [0.15, 0.2) is 0 Å². The standard InChI is InChI=1S/C20H22N2O4S/c1-5-26-14-8-6-13(7-9-14)16-15(10-21)19(27-11-12(2)3)22-18(23)17(16)20(24)25-4/h6-9,16-17H,2,5,11H2,1,3-4H3,(H,22,23)/t16-,17+/m1/s1. The van der Waals surface area contributed by atoms with Gasteiger partial charge in [0, 0.05) is 11.7 Å². The molecule has 0 aliphatic carbocycles. The van der Waals surface area contributed by atoms with Crippen LogP contribution in [0, 0.1) is 17.2 Å². The van der Waals surface area contributed by atoms with E-state index in [0.29, 0.717) is 34.3 Å². The fourth-order valence-corrected chi connectivity index (χ4v) is 3.70. The maximum absolute atomic E-state index is 12.6. The molecule has 1 heterocycles. The second-order valence-electron chi connectivity index (χ2n) is 6.07. The fraction of sp³-hybridized carbons (Fsp3) is 0.350. The summed E-state index contributed by atoms with van der Waals surface area (Å²) in [5.41, 5.74) is 1.92. The van der Waals surface area contributed by atoms with Gasteiger partial charge in [-0.1, -0.05) is 24.3 Å². The quantitative estimate of drug-likeness (QED) is 0.440. The summed E-state index contributed by atoms with van der Waals surface area (Å²) in [6.45, 7) is 8.12. The van der Waals surface area contributed by atoms with Gasteiger partial charge in [0.1, 0.15) is 11.7 Å². The molecule has 27 heavy (non-hydrogen) atoms. The molecule has 0 saturated heterocycles. The number of carbonyl (C=O) groups is 2. The van der Waals surface area contributed by atoms with Crippen molar-refractivity contribution >= 4 is 23.6 Å². The highest BCUT2D eigenvalue weighted by Crippen LogP contribution is 2.40. The summed E-state index contributed by atoms with van der Waals surface area (Å²) in [7, 11) is 1.23. The van der Waals surface area contributed by atoms with Crippen LogP contribution in [0.25, 0.3) is 0 Å². The van der Waals surface area contributed by atoms with Gasteiger partial charge >= 0.3 is 5.97 Å². The molecule has 0 saturated carbocycles. The Morgan fingerprint density at radius 3 is 2.56 bits per heavy atom. The molecule has 1 amide bonds. The molecule has 0 spiro atoms. The molecule has 0 bridgehead atoms. The van der Waals surface area contributed by atoms with E-state index in [1.807, 2.05) is 13.8 Å². The monoisotopic (exact) mass is 386 g/mol. The number of esters is 1. The van der Waals surface area contributed by atoms with Crippen LogP contribution in [-0.2, 0) is 14.3 Å². The van der Waals surface area contributed by atoms with E-state index in [1.165, 1.54) is 18.9 Å². The molecule has 1 aromatic rings. The number of carbonyl (C=O) groups excluding carboxylic acids is 2. The molecule has 0 radical (unpaired) electrons. The molecule has 0 aromatic heterocycles. The molecule has 2 atom stereocenters. The van der Waals surface area contributed by atoms with E-state index in [-0.39, 0.29) is 0 Å². The van der Waals surface area contributed by atoms with Crippen molar-refractivity contribution in [1.82, 2.24) is 5.32 Å². The van der Waals surface area contributed by atoms with E-state index in [1.54, 1.807) is 24.3 Å². The SMILES string of the molecule is C=C(C)CSC1=C(C#N)[C@@H](c2ccc(OCC)cc2)[C@H](C(=O)OC)C(=O)N1. The smallest absolute Gasteiger partial charge is 0.319 e. The second kappa shape index (κ2) is 9.28. The molecule has 2 rings (SSSR count). The largest absolute Gasteiger partial charge is 0.494 e. The lowest BCUT2D eigenvalue weighted by atomic mass is 9.78. The van der Waals surface area contributed by atoms with Crippen molar-refractivity contribution in [2.45, 2.75) is 19.8 Å². The van der Waals surface area contributed by atoms with Gasteiger partial charge in [-0.2, -0.15) is 5.26 Å². The number of hydrogen-bond donors (Lipinski definition) is 1. The summed E-state index contributed by atoms with van der Waals surface area (Å²) >= 11 is 1.32. The number of amides is 1. The third kappa shape index (κ3) is 4.72. The van der Waals surface area contributed by atoms with Crippen LogP contribution in [0.5, 0.6) is 5.75 Å². The summed E-state index contributed by atoms with van der Waals surface area (Å²) < 4.78 is 10.3. The van der Waals surface area contributed by atoms with Gasteiger partial charge in [-0.3, -0.25) is 9.59 Å². The van der Waals surface area contributed by atoms with E-state index in [2.05, 4.69) is 18.0 Å². The molecule has 142 valence electrons. The second-order valence-corrected chi connectivity index (χ2v) is 7.06. The lowest BCUT2D eigenvalue weighted by Crippen LogP contribution is -2.44. The normalized spacial score (nSPS) is 19.1. The summed E-state index contributed by atoms with van der Waals surface area (Å²) in [5.74, 6) is -1.78. The maximum Gasteiger partial charge on any atom is 0.319 e. The van der Waals surface area contributed by atoms with Gasteiger partial charge < -0.3 is 14.8 Å². The van der Waals surface area contributed by atoms with Crippen molar-refractivity contribution in [3.8, 4) is 11.8 Å². The van der Waals surface area contributed by atoms with Gasteiger partial charge in [0.25, 0.3) is 0 Å². The van der Waals surface area contributed by atoms with Gasteiger partial charge in [-0.05, 0) is 31.5 Å². The number of allylic oxidation sites excluding steroid dienone is 1. The number of nitrogens with zero attached hydrogens (tertiary/aromatic N) is 1. The first-order valence-electron chi connectivity index (χ1n) is 8.45. The number of nitriles is 1. The third-order valence-electron chi connectivity index (χ3n) is 4.00. The Morgan fingerprint density at radius 2 is 2.04 bits per heavy atom. The molecule has 1 aliphatic rings. The third-order valence-corrected chi connectivity index (χ3v) is 5.24. The first kappa shape index (κ1) is 20.6. The summed E-state index contributed by atoms with van der Waals surface area (Å²) in [6.07, 6.45) is 0. The highest BCUT2D eigenvalue weighted by atomic mass is 32.2. The van der Waals surface area contributed by atoms with Gasteiger partial charge in [-0.25, -0.2) is 0 Å². The van der Waals surface area contributed by atoms with Crippen LogP contribution in [0.2, 0.25) is 0 Å². The Hall–Kier alpha value is -2.72. The minimum Gasteiger partial charge on any atom is -0.494 e. The van der Waals surface area contributed by atoms with Gasteiger partial charge in [0.05, 0.1) is 30.4 Å². The van der Waals surface area contributed by atoms with Crippen molar-refractivity contribution in [3.05, 3.63) is 52.6 Å². The number of ether oxygens (including phenoxy) is 2. The Balaban J connectivity index is 2.53. The average molecular weight is 386 g/mol. The molecule has 1 aliphatic heterocycles. The lowest BCUT2D eigenvalue weighted by molar-refractivity contribution is -0.150. The van der Waals surface area contributed by atoms with Crippen LogP contribution >= 0.6 is 11.8 Å². The number of hydrogen-bond acceptors (Lipinski definition) is 6. The summed E-state index contributed by atoms with van der Waals surface area (Å²) in [5, 5.41) is 12.9. The van der Waals surface area contributed by atoms with E-state index >= 15 is 0 Å². The molecule has 0 unspecified atom stereocenters. The van der Waals surface area contributed by atoms with Crippen LogP contribution in [0.4, 0.5) is 0 Å². The van der Waals surface area contributed by atoms with E-state index in [9.17, 15) is 14.9 Å². The first-order valence-corrected chi connectivity index (χ1v) is 9.44. The topological polar surface area (TPSA) is 88.4 Å². The van der Waals surface area contributed by atoms with Crippen LogP contribution in [0.1, 0.15) is 25.3 Å². The first-order chi connectivity index (χ1) is 12.9. The fourth-order valence-electron chi connectivity index (χ4n) is 2.81. The molecule has 1 N–H and O–H groups in total. The van der Waals surface area contributed by atoms with E-state index in [0.717, 1.165) is 5.57 Å². The van der Waals surface area contributed by atoms with Crippen molar-refractivity contribution in [2.75, 3.05) is 19.5 Å². The highest BCUT2D eigenvalue weighted by molar-refractivity contribution is 8.03. The van der Waals surface area contributed by atoms with Crippen LogP contribution < -0.4 is 10.1 Å². The van der Waals surface area contributed by atoms with Gasteiger partial charge in [-0.15, -0.1) is 11.8 Å². The van der Waals surface area contributed by atoms with Crippen molar-refractivity contribution < 1.29 is 19.1 Å². The number of rotatable bonds is 7. The summed E-state index contributed by atoms with van der Waals surface area (Å²) in [6, 6.07) is 9.22. The Bertz CT molecular complexity index is 808. The summed E-state index contributed by atoms with van der Waals surface area (Å²) in [4.78, 5) is 25.0. The predicted octanol–water partition coefficient (Wildman–Crippen LogP) is 3.13. The van der Waals surface area contributed by atoms with Crippen molar-refractivity contribution in [2.24, 2.45) is 5.92 Å². The number of thioether (sulfide) groups is 1. The Morgan fingerprint density at radius 1 is 1.37 bits per heavy atom. The van der Waals surface area contributed by atoms with E-state index < -0.39 is 23.7 Å². The molecule has 1 aromatic carbocycles. The zero-order chi connectivity index (χ0) is 20.0. The maximum atomic E-state index is 12.6. The van der Waals surface area contributed by atoms with Crippen molar-refractivity contribution in [3.63, 3.8) is 0 Å². The van der Waals surface area contributed by atoms with Crippen LogP contribution in [0.15, 0.2) is 47.0 Å². The molecule has 7 heteroatoms. The van der Waals surface area contributed by atoms with Gasteiger partial charge in [0.2, 0.25) is 5.91 Å². The van der Waals surface area contributed by atoms with Crippen LogP contribution in [0.3, 0.4) is 0 Å². The van der Waals surface area contributed by atoms with Crippen molar-refractivity contribution in [1.29, 1.82) is 5.26 Å². The average Bonchev–Trinajstić information content (AvgIpc) is 2.66. The molecular formula is C20H22N2O4S. The number of nitrogens with one attached hydrogen (secondary N) is 1. The molecule has 6 nitrogen and oxygen atoms in total. The minimum atomic E-state index is -1.13. The van der Waals surface area contributed by atoms with E-state index in [4.69, 9.17) is 9.47 Å². The Kier molecular flexibility index (Phi) is 7.08. The number of methoxy groups -OCH3 is 1. The lowest BCUT2D eigenvalue weighted by Gasteiger charge is -2.31. The predicted molar refractivity (Wildman–Crippen MR) is 104 cm³/mol. The Labute approximate surface area is 163 Å². The minimum absolute atomic E-state index is 0.334. The zero-order valence-electron chi connectivity index (χ0n) is 15.6. The highest BCUT2D eigenvalue weighted by Gasteiger charge is 2.44.